The summed E-state index contributed by atoms with van der Waals surface area (Å²) in [5.41, 5.74) is 1.26. The van der Waals surface area contributed by atoms with Gasteiger partial charge in [-0.15, -0.1) is 0 Å². The molecule has 0 aromatic heterocycles. The van der Waals surface area contributed by atoms with E-state index < -0.39 is 79.3 Å². The van der Waals surface area contributed by atoms with E-state index in [1.807, 2.05) is 0 Å². The molecule has 4 aliphatic carbocycles. The first-order chi connectivity index (χ1) is 28.0. The van der Waals surface area contributed by atoms with Crippen molar-refractivity contribution in [2.24, 2.45) is 45.3 Å². The van der Waals surface area contributed by atoms with Crippen molar-refractivity contribution in [2.45, 2.75) is 188 Å². The van der Waals surface area contributed by atoms with Crippen LogP contribution in [0.3, 0.4) is 0 Å². The zero-order valence-corrected chi connectivity index (χ0v) is 37.7. The van der Waals surface area contributed by atoms with E-state index in [1.165, 1.54) is 25.0 Å². The molecule has 2 aliphatic heterocycles. The maximum atomic E-state index is 12.3. The molecule has 0 unspecified atom stereocenters. The molecule has 3 saturated carbocycles. The molecule has 60 heavy (non-hydrogen) atoms. The average Bonchev–Trinajstić information content (AvgIpc) is 3.39. The molecule has 6 aliphatic rings. The third-order valence-corrected chi connectivity index (χ3v) is 16.3. The van der Waals surface area contributed by atoms with Gasteiger partial charge in [-0.1, -0.05) is 64.8 Å². The summed E-state index contributed by atoms with van der Waals surface area (Å²) in [7, 11) is 1.78. The number of ether oxygens (including phenoxy) is 7. The van der Waals surface area contributed by atoms with Gasteiger partial charge in [-0.25, -0.2) is 0 Å². The molecule has 14 heteroatoms. The maximum Gasteiger partial charge on any atom is 0.303 e. The van der Waals surface area contributed by atoms with Crippen molar-refractivity contribution in [1.29, 1.82) is 0 Å². The topological polar surface area (TPSA) is 200 Å². The monoisotopic (exact) mass is 851 g/mol. The van der Waals surface area contributed by atoms with Crippen LogP contribution >= 0.6 is 0 Å². The van der Waals surface area contributed by atoms with Crippen LogP contribution in [0.1, 0.15) is 114 Å². The zero-order chi connectivity index (χ0) is 44.3. The van der Waals surface area contributed by atoms with Crippen molar-refractivity contribution < 1.29 is 68.3 Å². The van der Waals surface area contributed by atoms with Crippen molar-refractivity contribution in [3.63, 3.8) is 0 Å². The highest BCUT2D eigenvalue weighted by molar-refractivity contribution is 5.66. The smallest absolute Gasteiger partial charge is 0.303 e. The molecule has 0 spiro atoms. The van der Waals surface area contributed by atoms with Gasteiger partial charge in [0.15, 0.2) is 24.8 Å². The van der Waals surface area contributed by atoms with Crippen LogP contribution in [0.15, 0.2) is 23.3 Å². The summed E-state index contributed by atoms with van der Waals surface area (Å²) in [5, 5.41) is 53.7. The van der Waals surface area contributed by atoms with Crippen LogP contribution in [0.2, 0.25) is 0 Å². The van der Waals surface area contributed by atoms with E-state index in [-0.39, 0.29) is 64.8 Å². The number of aliphatic hydroxyl groups is 5. The maximum absolute atomic E-state index is 12.3. The fourth-order valence-electron chi connectivity index (χ4n) is 13.2. The van der Waals surface area contributed by atoms with Crippen molar-refractivity contribution in [2.75, 3.05) is 20.3 Å². The molecule has 14 nitrogen and oxygen atoms in total. The minimum atomic E-state index is -1.52. The lowest BCUT2D eigenvalue weighted by molar-refractivity contribution is -0.317. The Kier molecular flexibility index (Phi) is 14.2. The third kappa shape index (κ3) is 8.29. The Balaban J connectivity index is 1.35. The van der Waals surface area contributed by atoms with E-state index in [1.54, 1.807) is 7.11 Å². The van der Waals surface area contributed by atoms with Crippen molar-refractivity contribution >= 4 is 11.9 Å². The molecule has 342 valence electrons. The number of allylic oxidation sites excluding steroid dienone is 2. The molecule has 5 fully saturated rings. The molecular weight excluding hydrogens is 776 g/mol. The van der Waals surface area contributed by atoms with Gasteiger partial charge >= 0.3 is 11.9 Å². The summed E-state index contributed by atoms with van der Waals surface area (Å²) < 4.78 is 42.9. The lowest BCUT2D eigenvalue weighted by Gasteiger charge is -2.67. The van der Waals surface area contributed by atoms with Gasteiger partial charge in [0.1, 0.15) is 30.5 Å². The van der Waals surface area contributed by atoms with E-state index in [2.05, 4.69) is 67.5 Å². The van der Waals surface area contributed by atoms with Gasteiger partial charge in [0.05, 0.1) is 31.5 Å². The highest BCUT2D eigenvalue weighted by Gasteiger charge is 2.72. The third-order valence-electron chi connectivity index (χ3n) is 16.3. The second-order valence-corrected chi connectivity index (χ2v) is 20.5. The Labute approximate surface area is 356 Å². The largest absolute Gasteiger partial charge is 0.457 e. The first kappa shape index (κ1) is 47.5. The van der Waals surface area contributed by atoms with Gasteiger partial charge in [-0.05, 0) is 92.8 Å². The lowest BCUT2D eigenvalue weighted by atomic mass is 9.38. The van der Waals surface area contributed by atoms with Gasteiger partial charge in [-0.3, -0.25) is 9.59 Å². The Bertz CT molecular complexity index is 1610. The molecule has 2 saturated heterocycles. The molecule has 0 aromatic carbocycles. The number of aliphatic hydroxyl groups excluding tert-OH is 5. The molecule has 2 heterocycles. The lowest BCUT2D eigenvalue weighted by Crippen LogP contribution is -2.63. The summed E-state index contributed by atoms with van der Waals surface area (Å²) in [5.74, 6) is -0.734. The second kappa shape index (κ2) is 17.9. The van der Waals surface area contributed by atoms with Crippen molar-refractivity contribution in [3.8, 4) is 0 Å². The number of hydrogen-bond donors (Lipinski definition) is 5. The number of carbonyl (C=O) groups is 2. The average molecular weight is 851 g/mol. The van der Waals surface area contributed by atoms with Crippen LogP contribution in [0.4, 0.5) is 0 Å². The summed E-state index contributed by atoms with van der Waals surface area (Å²) in [4.78, 5) is 24.1. The number of methoxy groups -OCH3 is 1. The van der Waals surface area contributed by atoms with E-state index in [9.17, 15) is 35.1 Å². The molecule has 0 radical (unpaired) electrons. The fourth-order valence-corrected chi connectivity index (χ4v) is 13.2. The number of fused-ring (bicyclic) bond motifs is 5. The summed E-state index contributed by atoms with van der Waals surface area (Å²) >= 11 is 0. The van der Waals surface area contributed by atoms with Crippen LogP contribution in [0.25, 0.3) is 0 Å². The Hall–Kier alpha value is -1.98. The van der Waals surface area contributed by atoms with Gasteiger partial charge in [0, 0.05) is 32.3 Å². The predicted octanol–water partition coefficient (Wildman–Crippen LogP) is 4.36. The minimum absolute atomic E-state index is 0.0375. The molecule has 0 aromatic rings. The first-order valence-corrected chi connectivity index (χ1v) is 22.2. The van der Waals surface area contributed by atoms with Crippen LogP contribution in [-0.2, 0) is 42.7 Å². The Morgan fingerprint density at radius 2 is 1.55 bits per heavy atom. The molecule has 0 amide bonds. The SMILES string of the molecule is CO[C@@H]1C=C2[C@@H](CC[C@@H](O[C@H]3OC[C@H](O)[C@@H](OC(C)=O)[C@@H]3O)C2(C)C)[C@]2(C)CC[C@@]3(C)[C@H]([C@H](C)CCC=C(C)C)[C@@H](O[C@H]4O[C@@H](CO)[C@H](O)[C@@H](O)[C@@H]4OC(C)=O)C[C@]3(C)[C@@H]12. The molecule has 19 atom stereocenters. The number of rotatable bonds is 12. The van der Waals surface area contributed by atoms with E-state index in [4.69, 9.17) is 33.2 Å². The van der Waals surface area contributed by atoms with E-state index in [0.29, 0.717) is 12.8 Å². The normalized spacial score (nSPS) is 46.5. The zero-order valence-electron chi connectivity index (χ0n) is 37.7. The minimum Gasteiger partial charge on any atom is -0.457 e. The van der Waals surface area contributed by atoms with E-state index >= 15 is 0 Å². The van der Waals surface area contributed by atoms with Gasteiger partial charge in [-0.2, -0.15) is 0 Å². The van der Waals surface area contributed by atoms with Gasteiger partial charge in [0.2, 0.25) is 0 Å². The quantitative estimate of drug-likeness (QED) is 0.137. The number of esters is 2. The van der Waals surface area contributed by atoms with Crippen molar-refractivity contribution in [1.82, 2.24) is 0 Å². The molecule has 5 N–H and O–H groups in total. The molecular formula is C46H74O14. The highest BCUT2D eigenvalue weighted by Crippen LogP contribution is 2.75. The second-order valence-electron chi connectivity index (χ2n) is 20.5. The molecule has 0 bridgehead atoms. The highest BCUT2D eigenvalue weighted by atomic mass is 16.7. The van der Waals surface area contributed by atoms with Gasteiger partial charge < -0.3 is 58.7 Å². The first-order valence-electron chi connectivity index (χ1n) is 22.2. The van der Waals surface area contributed by atoms with Crippen molar-refractivity contribution in [3.05, 3.63) is 23.3 Å². The fraction of sp³-hybridized carbons (Fsp3) is 0.870. The number of hydrogen-bond acceptors (Lipinski definition) is 14. The standard InChI is InChI=1S/C46H74O14/c1-23(2)13-12-14-24(3)34-31(58-42-39(57-26(5)49)36(52)35(51)32(21-47)59-42)20-46(10)40-30(54-11)19-28-27(44(40,8)17-18-45(34,46)9)15-16-33(43(28,6)7)60-41-37(53)38(56-25(4)48)29(50)22-55-41/h13,19,24,27,29-42,47,50-53H,12,14-18,20-22H2,1-11H3/t24-,27-,29+,30-,31+,32+,33-,34-,35+,36-,37+,38-,39+,40+,41-,42+,44+,45+,46-/m1/s1. The summed E-state index contributed by atoms with van der Waals surface area (Å²) in [6.07, 6.45) is -1.92. The Morgan fingerprint density at radius 3 is 2.17 bits per heavy atom. The summed E-state index contributed by atoms with van der Waals surface area (Å²) in [6.45, 7) is 19.9. The Morgan fingerprint density at radius 1 is 0.883 bits per heavy atom. The van der Waals surface area contributed by atoms with Crippen LogP contribution in [0.5, 0.6) is 0 Å². The van der Waals surface area contributed by atoms with E-state index in [0.717, 1.165) is 32.1 Å². The van der Waals surface area contributed by atoms with Crippen LogP contribution in [0, 0.1) is 45.3 Å². The van der Waals surface area contributed by atoms with Crippen LogP contribution in [-0.4, -0.2) is 131 Å². The number of carbonyl (C=O) groups excluding carboxylic acids is 2. The van der Waals surface area contributed by atoms with Crippen LogP contribution < -0.4 is 0 Å². The predicted molar refractivity (Wildman–Crippen MR) is 219 cm³/mol. The summed E-state index contributed by atoms with van der Waals surface area (Å²) in [6, 6.07) is 0. The van der Waals surface area contributed by atoms with Gasteiger partial charge in [0.25, 0.3) is 0 Å². The molecule has 6 rings (SSSR count).